The fraction of sp³-hybridized carbons (Fsp3) is 0.917. The summed E-state index contributed by atoms with van der Waals surface area (Å²) < 4.78 is 0. The SMILES string of the molecule is CNCC(C)C(=O)NCC(C)(C)CN(C)C. The summed E-state index contributed by atoms with van der Waals surface area (Å²) in [5, 5.41) is 6.02. The molecule has 0 aliphatic carbocycles. The standard InChI is InChI=1S/C12H27N3O/c1-10(7-13-4)11(16)14-8-12(2,3)9-15(5)6/h10,13H,7-9H2,1-6H3,(H,14,16). The summed E-state index contributed by atoms with van der Waals surface area (Å²) in [5.74, 6) is 0.154. The number of hydrogen-bond donors (Lipinski definition) is 2. The Hall–Kier alpha value is -0.610. The van der Waals surface area contributed by atoms with E-state index in [0.717, 1.165) is 19.6 Å². The molecular formula is C12H27N3O. The summed E-state index contributed by atoms with van der Waals surface area (Å²) in [4.78, 5) is 13.8. The molecule has 0 bridgehead atoms. The van der Waals surface area contributed by atoms with Crippen molar-refractivity contribution in [2.75, 3.05) is 40.8 Å². The zero-order valence-corrected chi connectivity index (χ0v) is 11.6. The number of nitrogens with one attached hydrogen (secondary N) is 2. The van der Waals surface area contributed by atoms with E-state index in [1.165, 1.54) is 0 Å². The molecule has 0 saturated carbocycles. The van der Waals surface area contributed by atoms with Crippen LogP contribution in [0.15, 0.2) is 0 Å². The largest absolute Gasteiger partial charge is 0.355 e. The molecule has 16 heavy (non-hydrogen) atoms. The molecule has 0 aromatic rings. The van der Waals surface area contributed by atoms with Gasteiger partial charge < -0.3 is 15.5 Å². The van der Waals surface area contributed by atoms with Crippen LogP contribution in [0.25, 0.3) is 0 Å². The first kappa shape index (κ1) is 15.4. The molecule has 0 aliphatic rings. The second kappa shape index (κ2) is 6.86. The molecular weight excluding hydrogens is 202 g/mol. The van der Waals surface area contributed by atoms with Crippen LogP contribution in [0.2, 0.25) is 0 Å². The molecule has 1 amide bonds. The van der Waals surface area contributed by atoms with Crippen molar-refractivity contribution >= 4 is 5.91 Å². The molecule has 0 rings (SSSR count). The lowest BCUT2D eigenvalue weighted by molar-refractivity contribution is -0.124. The molecule has 1 atom stereocenters. The van der Waals surface area contributed by atoms with Crippen molar-refractivity contribution in [3.05, 3.63) is 0 Å². The molecule has 96 valence electrons. The van der Waals surface area contributed by atoms with Crippen LogP contribution in [0.5, 0.6) is 0 Å². The smallest absolute Gasteiger partial charge is 0.224 e. The zero-order chi connectivity index (χ0) is 12.8. The van der Waals surface area contributed by atoms with E-state index >= 15 is 0 Å². The first-order valence-corrected chi connectivity index (χ1v) is 5.85. The van der Waals surface area contributed by atoms with Crippen LogP contribution in [-0.2, 0) is 4.79 Å². The zero-order valence-electron chi connectivity index (χ0n) is 11.6. The Labute approximate surface area is 99.8 Å². The highest BCUT2D eigenvalue weighted by molar-refractivity contribution is 5.78. The number of carbonyl (C=O) groups is 1. The number of amides is 1. The molecule has 0 spiro atoms. The fourth-order valence-corrected chi connectivity index (χ4v) is 1.81. The van der Waals surface area contributed by atoms with Gasteiger partial charge in [0.1, 0.15) is 0 Å². The molecule has 0 radical (unpaired) electrons. The van der Waals surface area contributed by atoms with E-state index in [0.29, 0.717) is 0 Å². The monoisotopic (exact) mass is 229 g/mol. The number of nitrogens with zero attached hydrogens (tertiary/aromatic N) is 1. The van der Waals surface area contributed by atoms with Crippen molar-refractivity contribution < 1.29 is 4.79 Å². The van der Waals surface area contributed by atoms with Gasteiger partial charge in [0.2, 0.25) is 5.91 Å². The van der Waals surface area contributed by atoms with Crippen molar-refractivity contribution in [2.45, 2.75) is 20.8 Å². The van der Waals surface area contributed by atoms with E-state index in [4.69, 9.17) is 0 Å². The number of hydrogen-bond acceptors (Lipinski definition) is 3. The molecule has 4 heteroatoms. The van der Waals surface area contributed by atoms with Gasteiger partial charge in [0.05, 0.1) is 0 Å². The van der Waals surface area contributed by atoms with Gasteiger partial charge in [-0.05, 0) is 26.6 Å². The maximum absolute atomic E-state index is 11.7. The van der Waals surface area contributed by atoms with Gasteiger partial charge in [-0.15, -0.1) is 0 Å². The normalized spacial score (nSPS) is 13.9. The molecule has 0 fully saturated rings. The maximum Gasteiger partial charge on any atom is 0.224 e. The van der Waals surface area contributed by atoms with E-state index in [1.807, 2.05) is 28.1 Å². The third-order valence-corrected chi connectivity index (χ3v) is 2.44. The molecule has 0 aliphatic heterocycles. The Morgan fingerprint density at radius 3 is 2.38 bits per heavy atom. The molecule has 0 aromatic heterocycles. The van der Waals surface area contributed by atoms with Crippen molar-refractivity contribution in [2.24, 2.45) is 11.3 Å². The number of carbonyl (C=O) groups excluding carboxylic acids is 1. The van der Waals surface area contributed by atoms with E-state index in [-0.39, 0.29) is 17.2 Å². The summed E-state index contributed by atoms with van der Waals surface area (Å²) in [6.45, 7) is 8.67. The van der Waals surface area contributed by atoms with Crippen molar-refractivity contribution in [3.8, 4) is 0 Å². The molecule has 0 saturated heterocycles. The molecule has 4 nitrogen and oxygen atoms in total. The second-order valence-corrected chi connectivity index (χ2v) is 5.58. The summed E-state index contributed by atoms with van der Waals surface area (Å²) in [6, 6.07) is 0. The predicted octanol–water partition coefficient (Wildman–Crippen LogP) is 0.546. The fourth-order valence-electron chi connectivity index (χ4n) is 1.81. The van der Waals surface area contributed by atoms with Gasteiger partial charge in [-0.2, -0.15) is 0 Å². The van der Waals surface area contributed by atoms with Gasteiger partial charge in [-0.1, -0.05) is 20.8 Å². The van der Waals surface area contributed by atoms with Gasteiger partial charge in [-0.25, -0.2) is 0 Å². The van der Waals surface area contributed by atoms with Crippen LogP contribution in [0.1, 0.15) is 20.8 Å². The molecule has 0 heterocycles. The highest BCUT2D eigenvalue weighted by Crippen LogP contribution is 2.14. The van der Waals surface area contributed by atoms with Gasteiger partial charge in [0.25, 0.3) is 0 Å². The lowest BCUT2D eigenvalue weighted by Gasteiger charge is -2.29. The second-order valence-electron chi connectivity index (χ2n) is 5.58. The average molecular weight is 229 g/mol. The highest BCUT2D eigenvalue weighted by atomic mass is 16.1. The van der Waals surface area contributed by atoms with Gasteiger partial charge in [-0.3, -0.25) is 4.79 Å². The van der Waals surface area contributed by atoms with Crippen molar-refractivity contribution in [1.29, 1.82) is 0 Å². The van der Waals surface area contributed by atoms with Gasteiger partial charge in [0.15, 0.2) is 0 Å². The van der Waals surface area contributed by atoms with E-state index in [9.17, 15) is 4.79 Å². The van der Waals surface area contributed by atoms with Crippen LogP contribution in [0.4, 0.5) is 0 Å². The molecule has 0 aromatic carbocycles. The lowest BCUT2D eigenvalue weighted by atomic mass is 9.92. The molecule has 1 unspecified atom stereocenters. The topological polar surface area (TPSA) is 44.4 Å². The Morgan fingerprint density at radius 1 is 1.38 bits per heavy atom. The van der Waals surface area contributed by atoms with Crippen molar-refractivity contribution in [3.63, 3.8) is 0 Å². The molecule has 2 N–H and O–H groups in total. The minimum Gasteiger partial charge on any atom is -0.355 e. The van der Waals surface area contributed by atoms with Crippen LogP contribution in [0, 0.1) is 11.3 Å². The van der Waals surface area contributed by atoms with E-state index < -0.39 is 0 Å². The Kier molecular flexibility index (Phi) is 6.60. The average Bonchev–Trinajstić information content (AvgIpc) is 2.12. The minimum atomic E-state index is 0.0279. The van der Waals surface area contributed by atoms with Gasteiger partial charge >= 0.3 is 0 Å². The number of rotatable bonds is 7. The van der Waals surface area contributed by atoms with E-state index in [1.54, 1.807) is 0 Å². The Morgan fingerprint density at radius 2 is 1.94 bits per heavy atom. The van der Waals surface area contributed by atoms with Crippen molar-refractivity contribution in [1.82, 2.24) is 15.5 Å². The quantitative estimate of drug-likeness (QED) is 0.670. The predicted molar refractivity (Wildman–Crippen MR) is 68.4 cm³/mol. The summed E-state index contributed by atoms with van der Waals surface area (Å²) in [7, 11) is 5.96. The maximum atomic E-state index is 11.7. The summed E-state index contributed by atoms with van der Waals surface area (Å²) >= 11 is 0. The lowest BCUT2D eigenvalue weighted by Crippen LogP contribution is -2.42. The first-order valence-electron chi connectivity index (χ1n) is 5.85. The van der Waals surface area contributed by atoms with E-state index in [2.05, 4.69) is 29.4 Å². The third kappa shape index (κ3) is 6.80. The first-order chi connectivity index (χ1) is 7.28. The van der Waals surface area contributed by atoms with Crippen LogP contribution in [-0.4, -0.2) is 51.6 Å². The minimum absolute atomic E-state index is 0.0279. The Bertz CT molecular complexity index is 214. The Balaban J connectivity index is 3.99. The summed E-state index contributed by atoms with van der Waals surface area (Å²) in [6.07, 6.45) is 0. The van der Waals surface area contributed by atoms with Gasteiger partial charge in [0, 0.05) is 25.6 Å². The highest BCUT2D eigenvalue weighted by Gasteiger charge is 2.21. The van der Waals surface area contributed by atoms with Crippen LogP contribution in [0.3, 0.4) is 0 Å². The third-order valence-electron chi connectivity index (χ3n) is 2.44. The van der Waals surface area contributed by atoms with Crippen LogP contribution < -0.4 is 10.6 Å². The summed E-state index contributed by atoms with van der Waals surface area (Å²) in [5.41, 5.74) is 0.110. The van der Waals surface area contributed by atoms with Crippen LogP contribution >= 0.6 is 0 Å².